The van der Waals surface area contributed by atoms with E-state index in [2.05, 4.69) is 4.72 Å². The number of hydrogen-bond donors (Lipinski definition) is 1. The Morgan fingerprint density at radius 2 is 1.80 bits per heavy atom. The Kier molecular flexibility index (Phi) is 6.70. The van der Waals surface area contributed by atoms with Crippen LogP contribution in [-0.2, 0) is 10.0 Å². The molecule has 7 heteroatoms. The zero-order valence-corrected chi connectivity index (χ0v) is 16.0. The largest absolute Gasteiger partial charge is 0.492 e. The third-order valence-corrected chi connectivity index (χ3v) is 5.01. The molecular formula is C18H22ClNO4S. The summed E-state index contributed by atoms with van der Waals surface area (Å²) in [6, 6.07) is 11.6. The van der Waals surface area contributed by atoms with Crippen molar-refractivity contribution >= 4 is 21.6 Å². The molecule has 2 aromatic carbocycles. The van der Waals surface area contributed by atoms with Gasteiger partial charge in [0.25, 0.3) is 0 Å². The Balaban J connectivity index is 1.88. The molecule has 0 spiro atoms. The van der Waals surface area contributed by atoms with Crippen LogP contribution in [0.3, 0.4) is 0 Å². The van der Waals surface area contributed by atoms with Gasteiger partial charge in [0.1, 0.15) is 18.1 Å². The van der Waals surface area contributed by atoms with Gasteiger partial charge in [-0.3, -0.25) is 0 Å². The van der Waals surface area contributed by atoms with Crippen molar-refractivity contribution in [2.24, 2.45) is 0 Å². The van der Waals surface area contributed by atoms with Crippen molar-refractivity contribution in [2.45, 2.75) is 31.8 Å². The SMILES string of the molecule is Cc1cc(Cl)ccc1OCCNS(=O)(=O)c1ccc(OC(C)C)cc1. The molecule has 0 radical (unpaired) electrons. The van der Waals surface area contributed by atoms with E-state index in [1.54, 1.807) is 30.3 Å². The van der Waals surface area contributed by atoms with Crippen LogP contribution in [0.25, 0.3) is 0 Å². The number of sulfonamides is 1. The lowest BCUT2D eigenvalue weighted by Crippen LogP contribution is -2.28. The van der Waals surface area contributed by atoms with Gasteiger partial charge in [-0.2, -0.15) is 0 Å². The summed E-state index contributed by atoms with van der Waals surface area (Å²) in [5.41, 5.74) is 0.899. The molecule has 0 bridgehead atoms. The fraction of sp³-hybridized carbons (Fsp3) is 0.333. The Morgan fingerprint density at radius 3 is 2.40 bits per heavy atom. The number of benzene rings is 2. The first-order valence-electron chi connectivity index (χ1n) is 7.93. The molecule has 0 saturated heterocycles. The van der Waals surface area contributed by atoms with Gasteiger partial charge in [0.15, 0.2) is 0 Å². The maximum atomic E-state index is 12.3. The van der Waals surface area contributed by atoms with Crippen molar-refractivity contribution < 1.29 is 17.9 Å². The Morgan fingerprint density at radius 1 is 1.12 bits per heavy atom. The standard InChI is InChI=1S/C18H22ClNO4S/c1-13(2)24-16-5-7-17(8-6-16)25(21,22)20-10-11-23-18-9-4-15(19)12-14(18)3/h4-9,12-13,20H,10-11H2,1-3H3. The molecule has 5 nitrogen and oxygen atoms in total. The number of rotatable bonds is 8. The topological polar surface area (TPSA) is 64.6 Å². The highest BCUT2D eigenvalue weighted by molar-refractivity contribution is 7.89. The molecule has 0 heterocycles. The molecule has 0 saturated carbocycles. The van der Waals surface area contributed by atoms with E-state index in [9.17, 15) is 8.42 Å². The van der Waals surface area contributed by atoms with E-state index in [0.717, 1.165) is 5.56 Å². The number of ether oxygens (including phenoxy) is 2. The summed E-state index contributed by atoms with van der Waals surface area (Å²) < 4.78 is 38.1. The molecule has 2 aromatic rings. The van der Waals surface area contributed by atoms with Crippen LogP contribution in [0.4, 0.5) is 0 Å². The van der Waals surface area contributed by atoms with Gasteiger partial charge in [-0.15, -0.1) is 0 Å². The normalized spacial score (nSPS) is 11.6. The lowest BCUT2D eigenvalue weighted by Gasteiger charge is -2.12. The average Bonchev–Trinajstić information content (AvgIpc) is 2.53. The second-order valence-corrected chi connectivity index (χ2v) is 8.00. The molecule has 0 aromatic heterocycles. The van der Waals surface area contributed by atoms with E-state index < -0.39 is 10.0 Å². The minimum Gasteiger partial charge on any atom is -0.492 e. The lowest BCUT2D eigenvalue weighted by atomic mass is 10.2. The molecule has 1 N–H and O–H groups in total. The van der Waals surface area contributed by atoms with Gasteiger partial charge >= 0.3 is 0 Å². The monoisotopic (exact) mass is 383 g/mol. The van der Waals surface area contributed by atoms with Crippen molar-refractivity contribution in [1.29, 1.82) is 0 Å². The van der Waals surface area contributed by atoms with E-state index in [4.69, 9.17) is 21.1 Å². The summed E-state index contributed by atoms with van der Waals surface area (Å²) in [5, 5.41) is 0.635. The molecule has 0 aliphatic rings. The highest BCUT2D eigenvalue weighted by atomic mass is 35.5. The summed E-state index contributed by atoms with van der Waals surface area (Å²) in [6.45, 7) is 6.08. The Labute approximate surface area is 154 Å². The van der Waals surface area contributed by atoms with Crippen LogP contribution < -0.4 is 14.2 Å². The number of nitrogens with one attached hydrogen (secondary N) is 1. The van der Waals surface area contributed by atoms with Gasteiger partial charge in [0.05, 0.1) is 11.0 Å². The molecule has 0 aliphatic carbocycles. The van der Waals surface area contributed by atoms with Crippen molar-refractivity contribution in [3.05, 3.63) is 53.1 Å². The second-order valence-electron chi connectivity index (χ2n) is 5.79. The lowest BCUT2D eigenvalue weighted by molar-refractivity contribution is 0.242. The van der Waals surface area contributed by atoms with Crippen molar-refractivity contribution in [1.82, 2.24) is 4.72 Å². The number of aryl methyl sites for hydroxylation is 1. The van der Waals surface area contributed by atoms with Crippen LogP contribution in [0.5, 0.6) is 11.5 Å². The fourth-order valence-electron chi connectivity index (χ4n) is 2.16. The van der Waals surface area contributed by atoms with Gasteiger partial charge in [0.2, 0.25) is 10.0 Å². The third-order valence-electron chi connectivity index (χ3n) is 3.29. The van der Waals surface area contributed by atoms with Crippen LogP contribution in [0.2, 0.25) is 5.02 Å². The summed E-state index contributed by atoms with van der Waals surface area (Å²) in [5.74, 6) is 1.31. The van der Waals surface area contributed by atoms with E-state index in [1.807, 2.05) is 20.8 Å². The van der Waals surface area contributed by atoms with E-state index >= 15 is 0 Å². The quantitative estimate of drug-likeness (QED) is 0.704. The first-order valence-corrected chi connectivity index (χ1v) is 9.79. The van der Waals surface area contributed by atoms with Crippen molar-refractivity contribution in [2.75, 3.05) is 13.2 Å². The summed E-state index contributed by atoms with van der Waals surface area (Å²) >= 11 is 5.89. The zero-order chi connectivity index (χ0) is 18.4. The van der Waals surface area contributed by atoms with Gasteiger partial charge < -0.3 is 9.47 Å². The predicted octanol–water partition coefficient (Wildman–Crippen LogP) is 3.79. The van der Waals surface area contributed by atoms with Crippen LogP contribution in [-0.4, -0.2) is 27.7 Å². The molecule has 0 aliphatic heterocycles. The van der Waals surface area contributed by atoms with Gasteiger partial charge in [-0.1, -0.05) is 11.6 Å². The molecular weight excluding hydrogens is 362 g/mol. The van der Waals surface area contributed by atoms with Crippen molar-refractivity contribution in [3.63, 3.8) is 0 Å². The third kappa shape index (κ3) is 5.92. The highest BCUT2D eigenvalue weighted by Crippen LogP contribution is 2.21. The minimum atomic E-state index is -3.58. The molecule has 0 atom stereocenters. The number of hydrogen-bond acceptors (Lipinski definition) is 4. The minimum absolute atomic E-state index is 0.0362. The van der Waals surface area contributed by atoms with Gasteiger partial charge in [-0.05, 0) is 68.8 Å². The van der Waals surface area contributed by atoms with E-state index in [0.29, 0.717) is 16.5 Å². The zero-order valence-electron chi connectivity index (χ0n) is 14.5. The molecule has 136 valence electrons. The summed E-state index contributed by atoms with van der Waals surface area (Å²) in [7, 11) is -3.58. The van der Waals surface area contributed by atoms with Crippen LogP contribution in [0.1, 0.15) is 19.4 Å². The maximum Gasteiger partial charge on any atom is 0.240 e. The highest BCUT2D eigenvalue weighted by Gasteiger charge is 2.13. The smallest absolute Gasteiger partial charge is 0.240 e. The van der Waals surface area contributed by atoms with E-state index in [-0.39, 0.29) is 24.2 Å². The number of halogens is 1. The molecule has 0 amide bonds. The molecule has 25 heavy (non-hydrogen) atoms. The average molecular weight is 384 g/mol. The maximum absolute atomic E-state index is 12.3. The summed E-state index contributed by atoms with van der Waals surface area (Å²) in [6.07, 6.45) is 0.0362. The molecule has 0 fully saturated rings. The molecule has 2 rings (SSSR count). The van der Waals surface area contributed by atoms with Gasteiger partial charge in [-0.25, -0.2) is 13.1 Å². The Hall–Kier alpha value is -1.76. The van der Waals surface area contributed by atoms with Gasteiger partial charge in [0, 0.05) is 11.6 Å². The first-order chi connectivity index (χ1) is 11.8. The molecule has 0 unspecified atom stereocenters. The fourth-order valence-corrected chi connectivity index (χ4v) is 3.40. The predicted molar refractivity (Wildman–Crippen MR) is 99.1 cm³/mol. The van der Waals surface area contributed by atoms with Crippen LogP contribution in [0.15, 0.2) is 47.4 Å². The van der Waals surface area contributed by atoms with Crippen LogP contribution >= 0.6 is 11.6 Å². The van der Waals surface area contributed by atoms with Crippen LogP contribution in [0, 0.1) is 6.92 Å². The van der Waals surface area contributed by atoms with E-state index in [1.165, 1.54) is 12.1 Å². The summed E-state index contributed by atoms with van der Waals surface area (Å²) in [4.78, 5) is 0.186. The second kappa shape index (κ2) is 8.56. The Bertz CT molecular complexity index is 804. The van der Waals surface area contributed by atoms with Crippen molar-refractivity contribution in [3.8, 4) is 11.5 Å². The first kappa shape index (κ1) is 19.6.